The van der Waals surface area contributed by atoms with E-state index in [1.807, 2.05) is 20.8 Å². The van der Waals surface area contributed by atoms with Gasteiger partial charge in [0.2, 0.25) is 0 Å². The number of ether oxygens (including phenoxy) is 1. The molecule has 0 atom stereocenters. The number of nitro groups is 1. The number of pyridine rings is 1. The van der Waals surface area contributed by atoms with Gasteiger partial charge in [-0.05, 0) is 49.6 Å². The van der Waals surface area contributed by atoms with E-state index >= 15 is 0 Å². The Kier molecular flexibility index (Phi) is 5.02. The summed E-state index contributed by atoms with van der Waals surface area (Å²) in [5.41, 5.74) is 0.348. The fourth-order valence-corrected chi connectivity index (χ4v) is 2.43. The SMILES string of the molecule is CC(C)(C)OC(=O)NC1CCN(c2ccc([N+](=O)[O-])nc2)CC1. The van der Waals surface area contributed by atoms with Gasteiger partial charge in [-0.25, -0.2) is 4.79 Å². The van der Waals surface area contributed by atoms with E-state index in [4.69, 9.17) is 4.74 Å². The number of carbonyl (C=O) groups excluding carboxylic acids is 1. The van der Waals surface area contributed by atoms with Gasteiger partial charge in [0.25, 0.3) is 0 Å². The molecule has 0 unspecified atom stereocenters. The average Bonchev–Trinajstić information content (AvgIpc) is 2.46. The molecule has 1 aromatic heterocycles. The molecule has 0 bridgehead atoms. The standard InChI is InChI=1S/C15H22N4O4/c1-15(2,3)23-14(20)17-11-6-8-18(9-7-11)12-4-5-13(16-10-12)19(21)22/h4-5,10-11H,6-9H2,1-3H3,(H,17,20). The minimum absolute atomic E-state index is 0.0760. The second-order valence-electron chi connectivity index (χ2n) is 6.54. The lowest BCUT2D eigenvalue weighted by molar-refractivity contribution is -0.389. The molecule has 0 spiro atoms. The first-order valence-electron chi connectivity index (χ1n) is 7.59. The van der Waals surface area contributed by atoms with Crippen molar-refractivity contribution in [3.05, 3.63) is 28.4 Å². The van der Waals surface area contributed by atoms with Gasteiger partial charge >= 0.3 is 11.9 Å². The fraction of sp³-hybridized carbons (Fsp3) is 0.600. The molecule has 0 aromatic carbocycles. The van der Waals surface area contributed by atoms with Gasteiger partial charge in [0.1, 0.15) is 5.60 Å². The number of amides is 1. The maximum atomic E-state index is 11.8. The molecule has 1 amide bonds. The van der Waals surface area contributed by atoms with Crippen molar-refractivity contribution in [2.75, 3.05) is 18.0 Å². The minimum Gasteiger partial charge on any atom is -0.444 e. The molecule has 126 valence electrons. The molecular formula is C15H22N4O4. The Bertz CT molecular complexity index is 560. The second-order valence-corrected chi connectivity index (χ2v) is 6.54. The lowest BCUT2D eigenvalue weighted by Gasteiger charge is -2.33. The van der Waals surface area contributed by atoms with Crippen LogP contribution >= 0.6 is 0 Å². The first-order valence-corrected chi connectivity index (χ1v) is 7.59. The van der Waals surface area contributed by atoms with Crippen LogP contribution in [0.2, 0.25) is 0 Å². The number of aromatic nitrogens is 1. The van der Waals surface area contributed by atoms with Crippen LogP contribution in [-0.2, 0) is 4.74 Å². The van der Waals surface area contributed by atoms with E-state index < -0.39 is 16.6 Å². The molecule has 2 heterocycles. The molecule has 1 aromatic rings. The highest BCUT2D eigenvalue weighted by atomic mass is 16.6. The Morgan fingerprint density at radius 1 is 1.39 bits per heavy atom. The van der Waals surface area contributed by atoms with Crippen LogP contribution in [0, 0.1) is 10.1 Å². The van der Waals surface area contributed by atoms with Crippen molar-refractivity contribution in [1.29, 1.82) is 0 Å². The summed E-state index contributed by atoms with van der Waals surface area (Å²) in [5, 5.41) is 13.5. The smallest absolute Gasteiger partial charge is 0.407 e. The van der Waals surface area contributed by atoms with E-state index in [1.165, 1.54) is 12.3 Å². The van der Waals surface area contributed by atoms with Gasteiger partial charge < -0.3 is 25.1 Å². The number of hydrogen-bond acceptors (Lipinski definition) is 6. The summed E-state index contributed by atoms with van der Waals surface area (Å²) in [6.45, 7) is 6.99. The molecule has 8 nitrogen and oxygen atoms in total. The fourth-order valence-electron chi connectivity index (χ4n) is 2.43. The summed E-state index contributed by atoms with van der Waals surface area (Å²) in [6, 6.07) is 3.18. The van der Waals surface area contributed by atoms with Crippen molar-refractivity contribution in [1.82, 2.24) is 10.3 Å². The number of alkyl carbamates (subject to hydrolysis) is 1. The topological polar surface area (TPSA) is 97.6 Å². The molecular weight excluding hydrogens is 300 g/mol. The van der Waals surface area contributed by atoms with Gasteiger partial charge in [-0.2, -0.15) is 0 Å². The molecule has 1 saturated heterocycles. The van der Waals surface area contributed by atoms with Crippen LogP contribution < -0.4 is 10.2 Å². The number of piperidine rings is 1. The molecule has 1 N–H and O–H groups in total. The first-order chi connectivity index (χ1) is 10.7. The molecule has 1 fully saturated rings. The van der Waals surface area contributed by atoms with Gasteiger partial charge in [-0.3, -0.25) is 0 Å². The molecule has 2 rings (SSSR count). The van der Waals surface area contributed by atoms with Crippen molar-refractivity contribution in [2.24, 2.45) is 0 Å². The zero-order chi connectivity index (χ0) is 17.0. The van der Waals surface area contributed by atoms with Crippen LogP contribution in [0.25, 0.3) is 0 Å². The van der Waals surface area contributed by atoms with E-state index in [1.54, 1.807) is 6.07 Å². The highest BCUT2D eigenvalue weighted by molar-refractivity contribution is 5.68. The van der Waals surface area contributed by atoms with Crippen LogP contribution in [0.5, 0.6) is 0 Å². The largest absolute Gasteiger partial charge is 0.444 e. The van der Waals surface area contributed by atoms with Crippen molar-refractivity contribution < 1.29 is 14.5 Å². The van der Waals surface area contributed by atoms with Crippen LogP contribution in [0.4, 0.5) is 16.3 Å². The maximum Gasteiger partial charge on any atom is 0.407 e. The predicted octanol–water partition coefficient (Wildman–Crippen LogP) is 2.48. The number of hydrogen-bond donors (Lipinski definition) is 1. The maximum absolute atomic E-state index is 11.8. The van der Waals surface area contributed by atoms with E-state index in [-0.39, 0.29) is 11.9 Å². The van der Waals surface area contributed by atoms with E-state index in [9.17, 15) is 14.9 Å². The Hall–Kier alpha value is -2.38. The third-order valence-corrected chi connectivity index (χ3v) is 3.50. The number of rotatable bonds is 3. The summed E-state index contributed by atoms with van der Waals surface area (Å²) < 4.78 is 5.25. The van der Waals surface area contributed by atoms with Crippen molar-refractivity contribution in [3.8, 4) is 0 Å². The lowest BCUT2D eigenvalue weighted by Crippen LogP contribution is -2.46. The summed E-state index contributed by atoms with van der Waals surface area (Å²) in [7, 11) is 0. The summed E-state index contributed by atoms with van der Waals surface area (Å²) in [6.07, 6.45) is 2.69. The highest BCUT2D eigenvalue weighted by Crippen LogP contribution is 2.21. The third kappa shape index (κ3) is 5.08. The van der Waals surface area contributed by atoms with Crippen LogP contribution in [0.3, 0.4) is 0 Å². The van der Waals surface area contributed by atoms with Gasteiger partial charge in [0.15, 0.2) is 6.20 Å². The van der Waals surface area contributed by atoms with Crippen LogP contribution in [-0.4, -0.2) is 40.7 Å². The Morgan fingerprint density at radius 2 is 2.04 bits per heavy atom. The second kappa shape index (κ2) is 6.80. The Balaban J connectivity index is 1.84. The van der Waals surface area contributed by atoms with Crippen molar-refractivity contribution in [3.63, 3.8) is 0 Å². The van der Waals surface area contributed by atoms with Gasteiger partial charge in [-0.15, -0.1) is 0 Å². The van der Waals surface area contributed by atoms with Gasteiger partial charge in [0, 0.05) is 25.2 Å². The predicted molar refractivity (Wildman–Crippen MR) is 85.5 cm³/mol. The summed E-state index contributed by atoms with van der Waals surface area (Å²) >= 11 is 0. The molecule has 0 saturated carbocycles. The molecule has 0 radical (unpaired) electrons. The Morgan fingerprint density at radius 3 is 2.52 bits per heavy atom. The normalized spacial score (nSPS) is 16.0. The van der Waals surface area contributed by atoms with Crippen molar-refractivity contribution in [2.45, 2.75) is 45.3 Å². The van der Waals surface area contributed by atoms with Crippen molar-refractivity contribution >= 4 is 17.6 Å². The quantitative estimate of drug-likeness (QED) is 0.678. The zero-order valence-electron chi connectivity index (χ0n) is 13.6. The molecule has 23 heavy (non-hydrogen) atoms. The molecule has 0 aliphatic carbocycles. The van der Waals surface area contributed by atoms with Gasteiger partial charge in [0.05, 0.1) is 5.69 Å². The minimum atomic E-state index is -0.513. The number of anilines is 1. The molecule has 8 heteroatoms. The van der Waals surface area contributed by atoms with E-state index in [2.05, 4.69) is 15.2 Å². The number of carbonyl (C=O) groups is 1. The Labute approximate surface area is 135 Å². The highest BCUT2D eigenvalue weighted by Gasteiger charge is 2.24. The number of nitrogens with one attached hydrogen (secondary N) is 1. The van der Waals surface area contributed by atoms with E-state index in [0.29, 0.717) is 0 Å². The average molecular weight is 322 g/mol. The van der Waals surface area contributed by atoms with Crippen LogP contribution in [0.15, 0.2) is 18.3 Å². The molecule has 1 aliphatic rings. The molecule has 1 aliphatic heterocycles. The summed E-state index contributed by atoms with van der Waals surface area (Å²) in [5.74, 6) is -0.157. The lowest BCUT2D eigenvalue weighted by atomic mass is 10.0. The van der Waals surface area contributed by atoms with E-state index in [0.717, 1.165) is 31.6 Å². The number of nitrogens with zero attached hydrogens (tertiary/aromatic N) is 3. The van der Waals surface area contributed by atoms with Crippen LogP contribution in [0.1, 0.15) is 33.6 Å². The zero-order valence-corrected chi connectivity index (χ0v) is 13.6. The first kappa shape index (κ1) is 17.0. The monoisotopic (exact) mass is 322 g/mol. The van der Waals surface area contributed by atoms with Gasteiger partial charge in [-0.1, -0.05) is 0 Å². The summed E-state index contributed by atoms with van der Waals surface area (Å²) in [4.78, 5) is 27.8. The third-order valence-electron chi connectivity index (χ3n) is 3.50.